The minimum absolute atomic E-state index is 0.0525. The first-order valence-corrected chi connectivity index (χ1v) is 11.6. The van der Waals surface area contributed by atoms with Gasteiger partial charge >= 0.3 is 0 Å². The molecule has 1 aliphatic heterocycles. The Kier molecular flexibility index (Phi) is 5.78. The number of rotatable bonds is 3. The molecular weight excluding hydrogens is 462 g/mol. The van der Waals surface area contributed by atoms with Crippen molar-refractivity contribution in [1.82, 2.24) is 0 Å². The number of hydrogen-bond donors (Lipinski definition) is 1. The van der Waals surface area contributed by atoms with Crippen LogP contribution in [0.1, 0.15) is 53.2 Å². The third-order valence-corrected chi connectivity index (χ3v) is 6.48. The second-order valence-electron chi connectivity index (χ2n) is 11.3. The minimum atomic E-state index is -1.09. The van der Waals surface area contributed by atoms with Crippen molar-refractivity contribution in [3.8, 4) is 5.75 Å². The third kappa shape index (κ3) is 4.36. The van der Waals surface area contributed by atoms with Crippen LogP contribution in [-0.4, -0.2) is 21.2 Å². The van der Waals surface area contributed by atoms with Crippen molar-refractivity contribution in [2.75, 3.05) is 5.32 Å². The zero-order chi connectivity index (χ0) is 26.6. The summed E-state index contributed by atoms with van der Waals surface area (Å²) in [5, 5.41) is 26.1. The van der Waals surface area contributed by atoms with Gasteiger partial charge in [-0.05, 0) is 46.7 Å². The average Bonchev–Trinajstić information content (AvgIpc) is 2.78. The first kappa shape index (κ1) is 25.1. The number of nitrogens with zero attached hydrogens (tertiary/aromatic N) is 2. The van der Waals surface area contributed by atoms with Crippen LogP contribution in [0.25, 0.3) is 0 Å². The van der Waals surface area contributed by atoms with Crippen LogP contribution in [0.4, 0.5) is 17.1 Å². The lowest BCUT2D eigenvalue weighted by Gasteiger charge is -2.47. The summed E-state index contributed by atoms with van der Waals surface area (Å²) >= 11 is 0. The zero-order valence-electron chi connectivity index (χ0n) is 21.1. The maximum absolute atomic E-state index is 13.6. The predicted octanol–water partition coefficient (Wildman–Crippen LogP) is 6.32. The van der Waals surface area contributed by atoms with E-state index in [0.29, 0.717) is 28.1 Å². The first-order valence-electron chi connectivity index (χ1n) is 11.6. The molecule has 9 heteroatoms. The molecule has 4 rings (SSSR count). The van der Waals surface area contributed by atoms with Crippen molar-refractivity contribution in [2.45, 2.75) is 53.2 Å². The van der Waals surface area contributed by atoms with Crippen molar-refractivity contribution in [2.24, 2.45) is 10.8 Å². The smallest absolute Gasteiger partial charge is 0.271 e. The van der Waals surface area contributed by atoms with Crippen LogP contribution >= 0.6 is 0 Å². The number of ketones is 1. The molecule has 0 unspecified atom stereocenters. The number of benzene rings is 2. The molecule has 2 aromatic carbocycles. The summed E-state index contributed by atoms with van der Waals surface area (Å²) in [5.41, 5.74) is 0.0186. The Labute approximate surface area is 209 Å². The molecule has 1 N–H and O–H groups in total. The second kappa shape index (κ2) is 8.29. The van der Waals surface area contributed by atoms with Gasteiger partial charge in [-0.15, -0.1) is 0 Å². The third-order valence-electron chi connectivity index (χ3n) is 6.48. The van der Waals surface area contributed by atoms with Gasteiger partial charge in [0.25, 0.3) is 11.4 Å². The number of nitrogens with one attached hydrogen (secondary N) is 1. The van der Waals surface area contributed by atoms with E-state index in [4.69, 9.17) is 4.74 Å². The summed E-state index contributed by atoms with van der Waals surface area (Å²) in [6.07, 6.45) is 2.98. The van der Waals surface area contributed by atoms with E-state index in [1.165, 1.54) is 30.3 Å². The van der Waals surface area contributed by atoms with Crippen molar-refractivity contribution in [3.05, 3.63) is 91.6 Å². The Hall–Kier alpha value is -4.01. The highest BCUT2D eigenvalue weighted by atomic mass is 16.6. The quantitative estimate of drug-likeness (QED) is 0.394. The molecule has 0 amide bonds. The molecule has 1 heterocycles. The first-order chi connectivity index (χ1) is 16.6. The van der Waals surface area contributed by atoms with Crippen LogP contribution in [0.15, 0.2) is 65.8 Å². The molecule has 0 fully saturated rings. The monoisotopic (exact) mass is 491 g/mol. The molecule has 1 atom stereocenters. The Morgan fingerprint density at radius 1 is 0.833 bits per heavy atom. The number of carbonyl (C=O) groups is 1. The number of allylic oxidation sites excluding steroid dienone is 2. The van der Waals surface area contributed by atoms with Gasteiger partial charge in [-0.25, -0.2) is 0 Å². The lowest BCUT2D eigenvalue weighted by molar-refractivity contribution is -0.385. The molecule has 0 aromatic heterocycles. The van der Waals surface area contributed by atoms with Crippen LogP contribution < -0.4 is 10.1 Å². The fraction of sp³-hybridized carbons (Fsp3) is 0.370. The molecule has 0 saturated heterocycles. The minimum Gasteiger partial charge on any atom is -0.480 e. The van der Waals surface area contributed by atoms with Gasteiger partial charge in [-0.3, -0.25) is 25.0 Å². The lowest BCUT2D eigenvalue weighted by Crippen LogP contribution is -2.50. The number of hydrogen-bond acceptors (Lipinski definition) is 7. The lowest BCUT2D eigenvalue weighted by atomic mass is 9.67. The maximum atomic E-state index is 13.6. The molecule has 2 aliphatic rings. The number of anilines is 1. The van der Waals surface area contributed by atoms with Gasteiger partial charge in [0.1, 0.15) is 11.3 Å². The summed E-state index contributed by atoms with van der Waals surface area (Å²) < 4.78 is 6.45. The maximum Gasteiger partial charge on any atom is 0.271 e. The topological polar surface area (TPSA) is 125 Å². The van der Waals surface area contributed by atoms with Crippen LogP contribution in [0.3, 0.4) is 0 Å². The van der Waals surface area contributed by atoms with Crippen LogP contribution in [0.2, 0.25) is 0 Å². The number of fused-ring (bicyclic) bond motifs is 1. The number of non-ortho nitro benzene ring substituents is 2. The second-order valence-corrected chi connectivity index (χ2v) is 11.3. The van der Waals surface area contributed by atoms with E-state index in [0.717, 1.165) is 0 Å². The number of Topliss-reactive ketones (excluding diaryl/α,β-unsaturated/α-hetero) is 1. The standard InChI is InChI=1S/C27H29N3O6/c1-25(2,3)19-14-27(15-20(23(19)31)26(4,5)6)24(16-7-9-17(10-8-16)29(32)33)36-22-12-11-18(30(34)35)13-21(22)28-27/h7-15,24,28H,1-6H3/t24-/m0/s1. The molecule has 0 saturated carbocycles. The molecule has 36 heavy (non-hydrogen) atoms. The van der Waals surface area contributed by atoms with Crippen molar-refractivity contribution in [1.29, 1.82) is 0 Å². The molecule has 9 nitrogen and oxygen atoms in total. The molecule has 1 spiro atoms. The fourth-order valence-electron chi connectivity index (χ4n) is 4.60. The highest BCUT2D eigenvalue weighted by molar-refractivity contribution is 6.11. The Bertz CT molecular complexity index is 1290. The van der Waals surface area contributed by atoms with Gasteiger partial charge in [0.2, 0.25) is 0 Å². The van der Waals surface area contributed by atoms with Gasteiger partial charge in [0.05, 0.1) is 15.5 Å². The summed E-state index contributed by atoms with van der Waals surface area (Å²) in [6, 6.07) is 10.4. The van der Waals surface area contributed by atoms with Gasteiger partial charge in [0.15, 0.2) is 11.9 Å². The highest BCUT2D eigenvalue weighted by Crippen LogP contribution is 2.50. The molecule has 1 aliphatic carbocycles. The summed E-state index contributed by atoms with van der Waals surface area (Å²) in [7, 11) is 0. The summed E-state index contributed by atoms with van der Waals surface area (Å²) in [5.74, 6) is 0.345. The molecule has 0 bridgehead atoms. The average molecular weight is 492 g/mol. The Morgan fingerprint density at radius 2 is 1.33 bits per heavy atom. The van der Waals surface area contributed by atoms with Crippen LogP contribution in [0, 0.1) is 31.1 Å². The Morgan fingerprint density at radius 3 is 1.81 bits per heavy atom. The molecule has 2 aromatic rings. The normalized spacial score (nSPS) is 18.9. The van der Waals surface area contributed by atoms with E-state index in [1.807, 2.05) is 53.7 Å². The summed E-state index contributed by atoms with van der Waals surface area (Å²) in [4.78, 5) is 35.4. The Balaban J connectivity index is 2.00. The van der Waals surface area contributed by atoms with E-state index >= 15 is 0 Å². The summed E-state index contributed by atoms with van der Waals surface area (Å²) in [6.45, 7) is 11.7. The van der Waals surface area contributed by atoms with Crippen molar-refractivity contribution in [3.63, 3.8) is 0 Å². The number of nitro benzene ring substituents is 2. The SMILES string of the molecule is CC(C)(C)C1=CC2(C=C(C(C)(C)C)C1=O)Nc1cc([N+](=O)[O-])ccc1O[C@H]2c1ccc([N+](=O)[O-])cc1. The highest BCUT2D eigenvalue weighted by Gasteiger charge is 2.49. The van der Waals surface area contributed by atoms with Gasteiger partial charge < -0.3 is 10.1 Å². The molecule has 188 valence electrons. The molecular formula is C27H29N3O6. The zero-order valence-corrected chi connectivity index (χ0v) is 21.1. The van der Waals surface area contributed by atoms with Crippen LogP contribution in [-0.2, 0) is 4.79 Å². The van der Waals surface area contributed by atoms with E-state index in [1.54, 1.807) is 12.1 Å². The van der Waals surface area contributed by atoms with E-state index in [2.05, 4.69) is 5.32 Å². The van der Waals surface area contributed by atoms with Gasteiger partial charge in [-0.1, -0.05) is 41.5 Å². The predicted molar refractivity (Wildman–Crippen MR) is 136 cm³/mol. The molecule has 0 radical (unpaired) electrons. The number of ether oxygens (including phenoxy) is 1. The number of nitro groups is 2. The van der Waals surface area contributed by atoms with E-state index in [9.17, 15) is 25.0 Å². The van der Waals surface area contributed by atoms with E-state index in [-0.39, 0.29) is 17.2 Å². The van der Waals surface area contributed by atoms with Crippen LogP contribution in [0.5, 0.6) is 5.75 Å². The largest absolute Gasteiger partial charge is 0.480 e. The van der Waals surface area contributed by atoms with E-state index < -0.39 is 32.3 Å². The van der Waals surface area contributed by atoms with Gasteiger partial charge in [0, 0.05) is 35.4 Å². The van der Waals surface area contributed by atoms with Crippen molar-refractivity contribution < 1.29 is 19.4 Å². The van der Waals surface area contributed by atoms with Gasteiger partial charge in [-0.2, -0.15) is 0 Å². The number of carbonyl (C=O) groups excluding carboxylic acids is 1. The van der Waals surface area contributed by atoms with Crippen molar-refractivity contribution >= 4 is 22.8 Å². The fourth-order valence-corrected chi connectivity index (χ4v) is 4.60.